The second kappa shape index (κ2) is 10.8. The van der Waals surface area contributed by atoms with Crippen LogP contribution in [0.3, 0.4) is 0 Å². The molecule has 2 N–H and O–H groups in total. The molecule has 1 saturated heterocycles. The lowest BCUT2D eigenvalue weighted by Gasteiger charge is -2.33. The highest BCUT2D eigenvalue weighted by molar-refractivity contribution is 5.93. The van der Waals surface area contributed by atoms with E-state index >= 15 is 0 Å². The maximum absolute atomic E-state index is 14.7. The topological polar surface area (TPSA) is 118 Å². The smallest absolute Gasteiger partial charge is 0.363 e. The molecule has 0 radical (unpaired) electrons. The molecule has 1 aliphatic heterocycles. The first-order chi connectivity index (χ1) is 19.3. The van der Waals surface area contributed by atoms with Crippen molar-refractivity contribution in [3.8, 4) is 11.5 Å². The van der Waals surface area contributed by atoms with Gasteiger partial charge in [0.25, 0.3) is 5.91 Å². The number of carbonyl (C=O) groups is 1. The van der Waals surface area contributed by atoms with Crippen molar-refractivity contribution < 1.29 is 26.9 Å². The zero-order valence-electron chi connectivity index (χ0n) is 23.0. The minimum atomic E-state index is -4.57. The van der Waals surface area contributed by atoms with Gasteiger partial charge < -0.3 is 24.6 Å². The number of anilines is 1. The number of halogens is 4. The molecule has 0 aliphatic carbocycles. The first-order valence-electron chi connectivity index (χ1n) is 13.1. The molecule has 41 heavy (non-hydrogen) atoms. The van der Waals surface area contributed by atoms with Crippen molar-refractivity contribution in [3.63, 3.8) is 0 Å². The lowest BCUT2D eigenvalue weighted by molar-refractivity contribution is -0.126. The molecule has 1 amide bonds. The molecular weight excluding hydrogens is 546 g/mol. The minimum absolute atomic E-state index is 0.0123. The summed E-state index contributed by atoms with van der Waals surface area (Å²) >= 11 is 0. The zero-order chi connectivity index (χ0) is 29.5. The van der Waals surface area contributed by atoms with E-state index < -0.39 is 24.8 Å². The Morgan fingerprint density at radius 1 is 1.22 bits per heavy atom. The van der Waals surface area contributed by atoms with Gasteiger partial charge in [-0.25, -0.2) is 8.91 Å². The highest BCUT2D eigenvalue weighted by Crippen LogP contribution is 2.32. The average molecular weight is 578 g/mol. The number of fused-ring (bicyclic) bond motifs is 1. The summed E-state index contributed by atoms with van der Waals surface area (Å²) in [5.41, 5.74) is -0.0436. The molecule has 220 valence electrons. The summed E-state index contributed by atoms with van der Waals surface area (Å²) < 4.78 is 63.9. The van der Waals surface area contributed by atoms with E-state index in [9.17, 15) is 22.4 Å². The number of nitrogens with one attached hydrogen (secondary N) is 2. The Hall–Kier alpha value is -4.01. The summed E-state index contributed by atoms with van der Waals surface area (Å²) in [5, 5.41) is 13.9. The number of hydrogen-bond donors (Lipinski definition) is 2. The van der Waals surface area contributed by atoms with Gasteiger partial charge in [-0.15, -0.1) is 0 Å². The number of likely N-dealkylation sites (tertiary alicyclic amines) is 1. The third-order valence-corrected chi connectivity index (χ3v) is 6.91. The molecule has 4 aromatic rings. The maximum atomic E-state index is 14.7. The average Bonchev–Trinajstić information content (AvgIpc) is 3.63. The van der Waals surface area contributed by atoms with Gasteiger partial charge in [-0.3, -0.25) is 9.78 Å². The molecule has 5 heterocycles. The van der Waals surface area contributed by atoms with Crippen LogP contribution >= 0.6 is 0 Å². The number of piperidine rings is 1. The molecule has 5 rings (SSSR count). The molecule has 0 saturated carbocycles. The van der Waals surface area contributed by atoms with Crippen LogP contribution in [0, 0.1) is 0 Å². The maximum Gasteiger partial charge on any atom is 0.393 e. The Labute approximate surface area is 232 Å². The van der Waals surface area contributed by atoms with Crippen LogP contribution in [0.25, 0.3) is 17.0 Å². The van der Waals surface area contributed by atoms with Gasteiger partial charge in [-0.1, -0.05) is 5.16 Å². The summed E-state index contributed by atoms with van der Waals surface area (Å²) in [7, 11) is 1.82. The van der Waals surface area contributed by atoms with E-state index in [1.54, 1.807) is 18.5 Å². The van der Waals surface area contributed by atoms with E-state index in [-0.39, 0.29) is 58.8 Å². The lowest BCUT2D eigenvalue weighted by Crippen LogP contribution is -2.46. The molecule has 0 bridgehead atoms. The van der Waals surface area contributed by atoms with Crippen molar-refractivity contribution in [1.82, 2.24) is 39.5 Å². The second-order valence-electron chi connectivity index (χ2n) is 11.2. The fourth-order valence-electron chi connectivity index (χ4n) is 4.70. The van der Waals surface area contributed by atoms with Gasteiger partial charge in [0.05, 0.1) is 42.5 Å². The summed E-state index contributed by atoms with van der Waals surface area (Å²) in [6.45, 7) is 6.76. The molecule has 11 nitrogen and oxygen atoms in total. The predicted molar refractivity (Wildman–Crippen MR) is 141 cm³/mol. The molecule has 2 atom stereocenters. The fourth-order valence-corrected chi connectivity index (χ4v) is 4.70. The van der Waals surface area contributed by atoms with E-state index in [2.05, 4.69) is 30.9 Å². The van der Waals surface area contributed by atoms with Gasteiger partial charge in [-0.05, 0) is 40.3 Å². The summed E-state index contributed by atoms with van der Waals surface area (Å²) in [6, 6.07) is 1.12. The lowest BCUT2D eigenvalue weighted by atomic mass is 10.0. The van der Waals surface area contributed by atoms with Crippen molar-refractivity contribution in [2.75, 3.05) is 25.5 Å². The van der Waals surface area contributed by atoms with Gasteiger partial charge in [0.2, 0.25) is 11.7 Å². The van der Waals surface area contributed by atoms with Crippen LogP contribution in [0.15, 0.2) is 35.4 Å². The summed E-state index contributed by atoms with van der Waals surface area (Å²) in [4.78, 5) is 22.7. The van der Waals surface area contributed by atoms with Gasteiger partial charge in [0, 0.05) is 36.6 Å². The van der Waals surface area contributed by atoms with Crippen molar-refractivity contribution in [1.29, 1.82) is 0 Å². The molecule has 1 aliphatic rings. The quantitative estimate of drug-likeness (QED) is 0.319. The molecular formula is C26H31F4N9O2. The number of alkyl halides is 4. The van der Waals surface area contributed by atoms with Crippen molar-refractivity contribution in [2.24, 2.45) is 0 Å². The van der Waals surface area contributed by atoms with Crippen molar-refractivity contribution in [3.05, 3.63) is 47.9 Å². The van der Waals surface area contributed by atoms with E-state index in [4.69, 9.17) is 4.52 Å². The fraction of sp³-hybridized carbons (Fsp3) is 0.500. The summed E-state index contributed by atoms with van der Waals surface area (Å²) in [6.07, 6.45) is -0.416. The standard InChI is InChI=1S/C26H31F4N9O2/c1-25(2,3)38-8-5-15(13-38)24(40)32-12-21-34-23(36-41-21)22-16(9-26(28,29)30)19-10-31-11-20(39(19)35-22)33-18-6-7-37(4)14-17(18)27/h5,8,10-11,13,17-18,33H,6-7,9,12,14H2,1-4H3,(H,32,40)/t17-,18+/m0/s1. The highest BCUT2D eigenvalue weighted by atomic mass is 19.4. The van der Waals surface area contributed by atoms with E-state index in [0.717, 1.165) is 0 Å². The normalized spacial score (nSPS) is 18.6. The van der Waals surface area contributed by atoms with Crippen LogP contribution in [0.1, 0.15) is 49.0 Å². The predicted octanol–water partition coefficient (Wildman–Crippen LogP) is 3.82. The van der Waals surface area contributed by atoms with Gasteiger partial charge >= 0.3 is 6.18 Å². The molecule has 15 heteroatoms. The number of aromatic nitrogens is 6. The van der Waals surface area contributed by atoms with Crippen molar-refractivity contribution >= 4 is 17.2 Å². The van der Waals surface area contributed by atoms with Crippen LogP contribution < -0.4 is 10.6 Å². The zero-order valence-corrected chi connectivity index (χ0v) is 23.0. The first-order valence-corrected chi connectivity index (χ1v) is 13.1. The third kappa shape index (κ3) is 6.34. The highest BCUT2D eigenvalue weighted by Gasteiger charge is 2.34. The van der Waals surface area contributed by atoms with E-state index in [1.807, 2.05) is 37.3 Å². The SMILES string of the molecule is CN1CC[C@@H](Nc2cncc3c(CC(F)(F)F)c(-c4noc(CNC(=O)c5ccn(C(C)(C)C)c5)n4)nn23)[C@@H](F)C1. The van der Waals surface area contributed by atoms with Crippen LogP contribution in [0.2, 0.25) is 0 Å². The number of hydrogen-bond acceptors (Lipinski definition) is 8. The molecule has 1 fully saturated rings. The van der Waals surface area contributed by atoms with Gasteiger partial charge in [-0.2, -0.15) is 23.3 Å². The second-order valence-corrected chi connectivity index (χ2v) is 11.2. The number of carbonyl (C=O) groups excluding carboxylic acids is 1. The van der Waals surface area contributed by atoms with E-state index in [1.165, 1.54) is 16.9 Å². The summed E-state index contributed by atoms with van der Waals surface area (Å²) in [5.74, 6) is -0.320. The molecule has 4 aromatic heterocycles. The Morgan fingerprint density at radius 3 is 2.68 bits per heavy atom. The Morgan fingerprint density at radius 2 is 2.00 bits per heavy atom. The number of nitrogens with zero attached hydrogens (tertiary/aromatic N) is 7. The van der Waals surface area contributed by atoms with Crippen LogP contribution in [0.4, 0.5) is 23.4 Å². The molecule has 0 aromatic carbocycles. The monoisotopic (exact) mass is 577 g/mol. The van der Waals surface area contributed by atoms with Crippen molar-refractivity contribution in [2.45, 2.75) is 64.1 Å². The van der Waals surface area contributed by atoms with Gasteiger partial charge in [0.1, 0.15) is 17.7 Å². The van der Waals surface area contributed by atoms with Crippen LogP contribution in [-0.2, 0) is 18.5 Å². The van der Waals surface area contributed by atoms with Crippen LogP contribution in [-0.4, -0.2) is 78.6 Å². The Bertz CT molecular complexity index is 1540. The number of amides is 1. The largest absolute Gasteiger partial charge is 0.393 e. The van der Waals surface area contributed by atoms with E-state index in [0.29, 0.717) is 18.5 Å². The minimum Gasteiger partial charge on any atom is -0.363 e. The van der Waals surface area contributed by atoms with Crippen LogP contribution in [0.5, 0.6) is 0 Å². The third-order valence-electron chi connectivity index (χ3n) is 6.91. The Kier molecular flexibility index (Phi) is 7.48. The number of rotatable bonds is 7. The Balaban J connectivity index is 1.40. The molecule has 0 unspecified atom stereocenters. The molecule has 0 spiro atoms. The van der Waals surface area contributed by atoms with Gasteiger partial charge in [0.15, 0.2) is 0 Å². The first kappa shape index (κ1) is 28.5.